The normalized spacial score (nSPS) is 18.8. The van der Waals surface area contributed by atoms with Gasteiger partial charge in [-0.15, -0.1) is 0 Å². The Kier molecular flexibility index (Phi) is 45.1. The van der Waals surface area contributed by atoms with Gasteiger partial charge in [0.2, 0.25) is 0 Å². The second kappa shape index (κ2) is 49.1. The minimum absolute atomic E-state index is 0.0393. The molecule has 6 atom stereocenters. The quantitative estimate of drug-likeness (QED) is 0.0228. The molecule has 0 radical (unpaired) electrons. The minimum atomic E-state index is -1.91. The molecule has 0 aliphatic carbocycles. The van der Waals surface area contributed by atoms with Crippen LogP contribution >= 0.6 is 0 Å². The fraction of sp³-hybridized carbons (Fsp3) is 0.738. The molecule has 1 saturated heterocycles. The molecule has 0 saturated carbocycles. The lowest BCUT2D eigenvalue weighted by Crippen LogP contribution is -2.61. The number of carboxylic acid groups (broad SMARTS) is 1. The van der Waals surface area contributed by atoms with Crippen molar-refractivity contribution in [2.45, 2.75) is 276 Å². The van der Waals surface area contributed by atoms with Crippen molar-refractivity contribution in [1.82, 2.24) is 0 Å². The smallest absolute Gasteiger partial charge is 0.335 e. The van der Waals surface area contributed by atoms with E-state index in [2.05, 4.69) is 81.5 Å². The Hall–Kier alpha value is -3.84. The van der Waals surface area contributed by atoms with Gasteiger partial charge in [-0.3, -0.25) is 14.4 Å². The molecule has 1 aliphatic heterocycles. The molecular formula is C61H102O12. The zero-order valence-corrected chi connectivity index (χ0v) is 45.9. The van der Waals surface area contributed by atoms with Crippen molar-refractivity contribution in [3.05, 3.63) is 72.9 Å². The topological polar surface area (TPSA) is 175 Å². The summed E-state index contributed by atoms with van der Waals surface area (Å²) in [6.45, 7) is 5.78. The van der Waals surface area contributed by atoms with E-state index in [0.29, 0.717) is 25.7 Å². The number of carbonyl (C=O) groups excluding carboxylic acids is 3. The fourth-order valence-electron chi connectivity index (χ4n) is 8.35. The van der Waals surface area contributed by atoms with Gasteiger partial charge in [-0.05, 0) is 77.0 Å². The number of hydrogen-bond donors (Lipinski definition) is 3. The highest BCUT2D eigenvalue weighted by atomic mass is 16.7. The number of aliphatic hydroxyl groups excluding tert-OH is 2. The van der Waals surface area contributed by atoms with Crippen molar-refractivity contribution >= 4 is 23.9 Å². The molecule has 0 aromatic heterocycles. The number of ether oxygens (including phenoxy) is 5. The lowest BCUT2D eigenvalue weighted by atomic mass is 9.98. The first-order valence-electron chi connectivity index (χ1n) is 28.9. The molecule has 1 fully saturated rings. The Bertz CT molecular complexity index is 1550. The summed E-state index contributed by atoms with van der Waals surface area (Å²) < 4.78 is 28.3. The van der Waals surface area contributed by atoms with Crippen LogP contribution in [-0.2, 0) is 42.9 Å². The highest BCUT2D eigenvalue weighted by Crippen LogP contribution is 2.26. The van der Waals surface area contributed by atoms with Gasteiger partial charge in [-0.25, -0.2) is 4.79 Å². The first-order chi connectivity index (χ1) is 35.6. The summed E-state index contributed by atoms with van der Waals surface area (Å²) >= 11 is 0. The molecule has 418 valence electrons. The van der Waals surface area contributed by atoms with Crippen LogP contribution in [0.25, 0.3) is 0 Å². The molecule has 0 bridgehead atoms. The molecule has 1 heterocycles. The van der Waals surface area contributed by atoms with Gasteiger partial charge >= 0.3 is 23.9 Å². The van der Waals surface area contributed by atoms with Crippen LogP contribution in [0.4, 0.5) is 0 Å². The largest absolute Gasteiger partial charge is 0.479 e. The summed E-state index contributed by atoms with van der Waals surface area (Å²) in [5.74, 6) is -3.23. The Morgan fingerprint density at radius 2 is 0.890 bits per heavy atom. The molecule has 0 spiro atoms. The second-order valence-corrected chi connectivity index (χ2v) is 19.5. The number of aliphatic carboxylic acids is 1. The maximum Gasteiger partial charge on any atom is 0.335 e. The Labute approximate surface area is 442 Å². The predicted molar refractivity (Wildman–Crippen MR) is 294 cm³/mol. The minimum Gasteiger partial charge on any atom is -0.479 e. The van der Waals surface area contributed by atoms with Crippen LogP contribution in [0.1, 0.15) is 239 Å². The molecular weight excluding hydrogens is 925 g/mol. The SMILES string of the molecule is CC/C=C\C/C=C\C/C=C\C/C=C\CCC(=O)OC(COC(=O)CCCCCCCCC/C=C\C/C=C\CCCCC)COC1OC(C(=O)O)C(O)C(O)C1OC(=O)CCCCCCCCCCCCCCC. The van der Waals surface area contributed by atoms with E-state index in [4.69, 9.17) is 23.7 Å². The van der Waals surface area contributed by atoms with Gasteiger partial charge in [0.25, 0.3) is 0 Å². The molecule has 0 aromatic rings. The lowest BCUT2D eigenvalue weighted by Gasteiger charge is -2.40. The van der Waals surface area contributed by atoms with E-state index in [0.717, 1.165) is 83.5 Å². The first kappa shape index (κ1) is 67.2. The number of unbranched alkanes of at least 4 members (excludes halogenated alkanes) is 22. The van der Waals surface area contributed by atoms with Crippen LogP contribution in [0.5, 0.6) is 0 Å². The third-order valence-electron chi connectivity index (χ3n) is 12.8. The fourth-order valence-corrected chi connectivity index (χ4v) is 8.35. The van der Waals surface area contributed by atoms with E-state index in [-0.39, 0.29) is 25.9 Å². The average Bonchev–Trinajstić information content (AvgIpc) is 3.37. The Balaban J connectivity index is 2.73. The van der Waals surface area contributed by atoms with Gasteiger partial charge in [0.05, 0.1) is 6.61 Å². The van der Waals surface area contributed by atoms with E-state index in [1.807, 2.05) is 12.2 Å². The molecule has 0 amide bonds. The van der Waals surface area contributed by atoms with Gasteiger partial charge in [-0.1, -0.05) is 216 Å². The number of carbonyl (C=O) groups is 4. The maximum atomic E-state index is 13.1. The summed E-state index contributed by atoms with van der Waals surface area (Å²) in [6, 6.07) is 0. The van der Waals surface area contributed by atoms with E-state index in [1.54, 1.807) is 0 Å². The van der Waals surface area contributed by atoms with E-state index >= 15 is 0 Å². The van der Waals surface area contributed by atoms with Crippen molar-refractivity contribution in [3.8, 4) is 0 Å². The Morgan fingerprint density at radius 3 is 1.40 bits per heavy atom. The zero-order chi connectivity index (χ0) is 53.3. The van der Waals surface area contributed by atoms with Crippen LogP contribution in [-0.4, -0.2) is 89.2 Å². The van der Waals surface area contributed by atoms with Gasteiger partial charge in [-0.2, -0.15) is 0 Å². The zero-order valence-electron chi connectivity index (χ0n) is 45.9. The predicted octanol–water partition coefficient (Wildman–Crippen LogP) is 14.6. The van der Waals surface area contributed by atoms with Gasteiger partial charge in [0, 0.05) is 19.3 Å². The summed E-state index contributed by atoms with van der Waals surface area (Å²) in [6.07, 6.45) is 48.9. The number of aliphatic hydroxyl groups is 2. The van der Waals surface area contributed by atoms with Gasteiger partial charge in [0.15, 0.2) is 24.6 Å². The summed E-state index contributed by atoms with van der Waals surface area (Å²) in [5.41, 5.74) is 0. The molecule has 12 heteroatoms. The van der Waals surface area contributed by atoms with Crippen molar-refractivity contribution < 1.29 is 58.2 Å². The van der Waals surface area contributed by atoms with E-state index in [1.165, 1.54) is 89.9 Å². The number of hydrogen-bond acceptors (Lipinski definition) is 11. The van der Waals surface area contributed by atoms with Crippen LogP contribution in [0.15, 0.2) is 72.9 Å². The molecule has 3 N–H and O–H groups in total. The Morgan fingerprint density at radius 1 is 0.466 bits per heavy atom. The number of esters is 3. The maximum absolute atomic E-state index is 13.1. The van der Waals surface area contributed by atoms with Gasteiger partial charge < -0.3 is 39.0 Å². The van der Waals surface area contributed by atoms with E-state index in [9.17, 15) is 34.5 Å². The third-order valence-corrected chi connectivity index (χ3v) is 12.8. The standard InChI is InChI=1S/C61H102O12/c1-4-7-10-13-16-19-22-25-26-27-28-31-32-35-38-41-44-47-53(62)69-50-52(71-54(63)48-45-42-39-36-33-29-23-20-17-14-11-8-5-2)51-70-61-59(57(66)56(65)58(73-61)60(67)68)72-55(64)49-46-43-40-37-34-30-24-21-18-15-12-9-6-3/h8,11,16-17,19-20,25-26,29,33,39,42,52,56-59,61,65-66H,4-7,9-10,12-15,18,21-24,27-28,30-32,34-38,40-41,43-51H2,1-3H3,(H,67,68)/b11-8-,19-16-,20-17-,26-25-,33-29-,42-39-. The van der Waals surface area contributed by atoms with Crippen molar-refractivity contribution in [2.75, 3.05) is 13.2 Å². The molecule has 0 aromatic carbocycles. The molecule has 1 rings (SSSR count). The average molecular weight is 1030 g/mol. The molecule has 1 aliphatic rings. The van der Waals surface area contributed by atoms with Gasteiger partial charge in [0.1, 0.15) is 18.8 Å². The van der Waals surface area contributed by atoms with Crippen LogP contribution in [0.2, 0.25) is 0 Å². The molecule has 12 nitrogen and oxygen atoms in total. The van der Waals surface area contributed by atoms with Crippen molar-refractivity contribution in [2.24, 2.45) is 0 Å². The highest BCUT2D eigenvalue weighted by Gasteiger charge is 2.50. The second-order valence-electron chi connectivity index (χ2n) is 19.5. The van der Waals surface area contributed by atoms with E-state index < -0.39 is 67.3 Å². The number of rotatable bonds is 48. The van der Waals surface area contributed by atoms with Crippen molar-refractivity contribution in [1.29, 1.82) is 0 Å². The summed E-state index contributed by atoms with van der Waals surface area (Å²) in [4.78, 5) is 51.0. The van der Waals surface area contributed by atoms with Crippen LogP contribution in [0.3, 0.4) is 0 Å². The summed E-state index contributed by atoms with van der Waals surface area (Å²) in [7, 11) is 0. The van der Waals surface area contributed by atoms with Crippen molar-refractivity contribution in [3.63, 3.8) is 0 Å². The molecule has 6 unspecified atom stereocenters. The van der Waals surface area contributed by atoms with Crippen LogP contribution in [0, 0.1) is 0 Å². The monoisotopic (exact) mass is 1030 g/mol. The number of allylic oxidation sites excluding steroid dienone is 12. The lowest BCUT2D eigenvalue weighted by molar-refractivity contribution is -0.301. The molecule has 73 heavy (non-hydrogen) atoms. The van der Waals surface area contributed by atoms with Crippen LogP contribution < -0.4 is 0 Å². The third kappa shape index (κ3) is 39.3. The first-order valence-corrected chi connectivity index (χ1v) is 28.9. The highest BCUT2D eigenvalue weighted by molar-refractivity contribution is 5.74. The summed E-state index contributed by atoms with van der Waals surface area (Å²) in [5, 5.41) is 31.4. The number of carboxylic acids is 1.